The fourth-order valence-corrected chi connectivity index (χ4v) is 4.39. The maximum Gasteiger partial charge on any atom is 0.236 e. The molecule has 0 fully saturated rings. The lowest BCUT2D eigenvalue weighted by Gasteiger charge is -2.04. The van der Waals surface area contributed by atoms with Gasteiger partial charge in [-0.3, -0.25) is 4.79 Å². The second-order valence-electron chi connectivity index (χ2n) is 6.67. The predicted octanol–water partition coefficient (Wildman–Crippen LogP) is 4.14. The van der Waals surface area contributed by atoms with Gasteiger partial charge in [0.1, 0.15) is 5.82 Å². The van der Waals surface area contributed by atoms with Crippen LogP contribution in [0.3, 0.4) is 0 Å². The Bertz CT molecular complexity index is 1160. The molecule has 4 aromatic rings. The molecule has 158 valence electrons. The number of carbonyl (C=O) groups excluding carboxylic acids is 1. The number of thioether (sulfide) groups is 1. The summed E-state index contributed by atoms with van der Waals surface area (Å²) < 4.78 is 14.6. The molecule has 0 spiro atoms. The molecule has 10 heteroatoms. The number of anilines is 1. The van der Waals surface area contributed by atoms with E-state index in [4.69, 9.17) is 0 Å². The molecule has 0 aliphatic heterocycles. The van der Waals surface area contributed by atoms with E-state index in [0.717, 1.165) is 17.7 Å². The number of carbonyl (C=O) groups is 1. The van der Waals surface area contributed by atoms with Crippen molar-refractivity contribution in [3.63, 3.8) is 0 Å². The van der Waals surface area contributed by atoms with Crippen LogP contribution in [0.5, 0.6) is 0 Å². The lowest BCUT2D eigenvalue weighted by atomic mass is 10.1. The Morgan fingerprint density at radius 3 is 2.61 bits per heavy atom. The molecule has 0 aliphatic carbocycles. The van der Waals surface area contributed by atoms with E-state index in [9.17, 15) is 9.18 Å². The van der Waals surface area contributed by atoms with Gasteiger partial charge in [0.15, 0.2) is 5.13 Å². The number of benzene rings is 2. The van der Waals surface area contributed by atoms with Crippen molar-refractivity contribution in [3.05, 3.63) is 76.5 Å². The van der Waals surface area contributed by atoms with Gasteiger partial charge in [-0.1, -0.05) is 43.0 Å². The van der Waals surface area contributed by atoms with E-state index in [1.165, 1.54) is 51.0 Å². The van der Waals surface area contributed by atoms with Crippen LogP contribution in [0.25, 0.3) is 5.69 Å². The molecule has 0 radical (unpaired) electrons. The van der Waals surface area contributed by atoms with Crippen LogP contribution in [0.1, 0.15) is 22.9 Å². The van der Waals surface area contributed by atoms with Gasteiger partial charge in [-0.25, -0.2) is 9.37 Å². The number of aromatic nitrogens is 5. The number of hydrogen-bond donors (Lipinski definition) is 1. The van der Waals surface area contributed by atoms with Crippen LogP contribution in [0.4, 0.5) is 9.52 Å². The highest BCUT2D eigenvalue weighted by Gasteiger charge is 2.13. The molecule has 0 atom stereocenters. The van der Waals surface area contributed by atoms with Crippen LogP contribution < -0.4 is 5.32 Å². The summed E-state index contributed by atoms with van der Waals surface area (Å²) in [6.07, 6.45) is 3.58. The summed E-state index contributed by atoms with van der Waals surface area (Å²) in [7, 11) is 0. The lowest BCUT2D eigenvalue weighted by Crippen LogP contribution is -2.14. The highest BCUT2D eigenvalue weighted by molar-refractivity contribution is 7.99. The standard InChI is InChI=1S/C21H19FN6OS2/c1-2-14-3-5-15(6-4-14)11-18-12-23-20(31-18)24-19(29)13-30-21-25-26-27-28(21)17-9-7-16(22)8-10-17/h3-10,12H,2,11,13H2,1H3,(H,23,24,29). The number of halogens is 1. The Morgan fingerprint density at radius 2 is 1.87 bits per heavy atom. The number of amides is 1. The molecule has 2 heterocycles. The van der Waals surface area contributed by atoms with Crippen LogP contribution >= 0.6 is 23.1 Å². The number of tetrazole rings is 1. The van der Waals surface area contributed by atoms with E-state index in [0.29, 0.717) is 16.0 Å². The van der Waals surface area contributed by atoms with Gasteiger partial charge < -0.3 is 5.32 Å². The van der Waals surface area contributed by atoms with Crippen molar-refractivity contribution in [2.24, 2.45) is 0 Å². The zero-order valence-electron chi connectivity index (χ0n) is 16.7. The van der Waals surface area contributed by atoms with Gasteiger partial charge in [0.25, 0.3) is 0 Å². The lowest BCUT2D eigenvalue weighted by molar-refractivity contribution is -0.113. The van der Waals surface area contributed by atoms with Crippen molar-refractivity contribution < 1.29 is 9.18 Å². The Kier molecular flexibility index (Phi) is 6.68. The molecule has 2 aromatic heterocycles. The van der Waals surface area contributed by atoms with E-state index in [-0.39, 0.29) is 17.5 Å². The van der Waals surface area contributed by atoms with E-state index >= 15 is 0 Å². The maximum absolute atomic E-state index is 13.1. The van der Waals surface area contributed by atoms with E-state index < -0.39 is 0 Å². The van der Waals surface area contributed by atoms with Crippen molar-refractivity contribution >= 4 is 34.1 Å². The number of thiazole rings is 1. The zero-order chi connectivity index (χ0) is 21.6. The molecular weight excluding hydrogens is 435 g/mol. The molecular formula is C21H19FN6OS2. The minimum Gasteiger partial charge on any atom is -0.301 e. The first-order chi connectivity index (χ1) is 15.1. The van der Waals surface area contributed by atoms with Gasteiger partial charge in [-0.15, -0.1) is 16.4 Å². The van der Waals surface area contributed by atoms with Gasteiger partial charge in [-0.05, 0) is 52.2 Å². The molecule has 0 bridgehead atoms. The van der Waals surface area contributed by atoms with Gasteiger partial charge in [0.05, 0.1) is 11.4 Å². The van der Waals surface area contributed by atoms with Crippen LogP contribution in [0.15, 0.2) is 59.9 Å². The fraction of sp³-hybridized carbons (Fsp3) is 0.190. The molecule has 0 unspecified atom stereocenters. The van der Waals surface area contributed by atoms with Gasteiger partial charge in [0.2, 0.25) is 11.1 Å². The molecule has 7 nitrogen and oxygen atoms in total. The summed E-state index contributed by atoms with van der Waals surface area (Å²) in [5.41, 5.74) is 3.14. The van der Waals surface area contributed by atoms with Crippen molar-refractivity contribution in [1.29, 1.82) is 0 Å². The first-order valence-electron chi connectivity index (χ1n) is 9.60. The average molecular weight is 455 g/mol. The molecule has 1 amide bonds. The maximum atomic E-state index is 13.1. The average Bonchev–Trinajstić information content (AvgIpc) is 3.43. The summed E-state index contributed by atoms with van der Waals surface area (Å²) in [6.45, 7) is 2.13. The van der Waals surface area contributed by atoms with Crippen molar-refractivity contribution in [2.45, 2.75) is 24.9 Å². The van der Waals surface area contributed by atoms with Gasteiger partial charge in [0, 0.05) is 17.5 Å². The third-order valence-corrected chi connectivity index (χ3v) is 6.29. The van der Waals surface area contributed by atoms with E-state index in [1.807, 2.05) is 0 Å². The third kappa shape index (κ3) is 5.53. The zero-order valence-corrected chi connectivity index (χ0v) is 18.3. The Hall–Kier alpha value is -3.11. The second-order valence-corrected chi connectivity index (χ2v) is 8.72. The Balaban J connectivity index is 1.32. The van der Waals surface area contributed by atoms with E-state index in [2.05, 4.69) is 57.0 Å². The largest absolute Gasteiger partial charge is 0.301 e. The molecule has 0 aliphatic rings. The van der Waals surface area contributed by atoms with Crippen LogP contribution in [0.2, 0.25) is 0 Å². The van der Waals surface area contributed by atoms with Crippen LogP contribution in [-0.2, 0) is 17.6 Å². The van der Waals surface area contributed by atoms with Crippen molar-refractivity contribution in [2.75, 3.05) is 11.1 Å². The minimum atomic E-state index is -0.341. The summed E-state index contributed by atoms with van der Waals surface area (Å²) >= 11 is 2.65. The number of hydrogen-bond acceptors (Lipinski definition) is 7. The molecule has 31 heavy (non-hydrogen) atoms. The molecule has 1 N–H and O–H groups in total. The smallest absolute Gasteiger partial charge is 0.236 e. The van der Waals surface area contributed by atoms with E-state index in [1.54, 1.807) is 18.3 Å². The predicted molar refractivity (Wildman–Crippen MR) is 119 cm³/mol. The van der Waals surface area contributed by atoms with Gasteiger partial charge in [-0.2, -0.15) is 4.68 Å². The quantitative estimate of drug-likeness (QED) is 0.403. The molecule has 2 aromatic carbocycles. The number of nitrogens with zero attached hydrogens (tertiary/aromatic N) is 5. The van der Waals surface area contributed by atoms with Crippen molar-refractivity contribution in [1.82, 2.24) is 25.2 Å². The second kappa shape index (κ2) is 9.80. The minimum absolute atomic E-state index is 0.120. The number of nitrogens with one attached hydrogen (secondary N) is 1. The van der Waals surface area contributed by atoms with Gasteiger partial charge >= 0.3 is 0 Å². The molecule has 4 rings (SSSR count). The summed E-state index contributed by atoms with van der Waals surface area (Å²) in [5, 5.41) is 15.3. The summed E-state index contributed by atoms with van der Waals surface area (Å²) in [4.78, 5) is 17.7. The highest BCUT2D eigenvalue weighted by Crippen LogP contribution is 2.23. The SMILES string of the molecule is CCc1ccc(Cc2cnc(NC(=O)CSc3nnnn3-c3ccc(F)cc3)s2)cc1. The normalized spacial score (nSPS) is 10.9. The Morgan fingerprint density at radius 1 is 1.13 bits per heavy atom. The number of aryl methyl sites for hydroxylation is 1. The highest BCUT2D eigenvalue weighted by atomic mass is 32.2. The summed E-state index contributed by atoms with van der Waals surface area (Å²) in [5.74, 6) is -0.423. The first kappa shape index (κ1) is 21.1. The monoisotopic (exact) mass is 454 g/mol. The van der Waals surface area contributed by atoms with Crippen molar-refractivity contribution in [3.8, 4) is 5.69 Å². The Labute approximate surface area is 186 Å². The number of rotatable bonds is 8. The fourth-order valence-electron chi connectivity index (χ4n) is 2.84. The summed E-state index contributed by atoms with van der Waals surface area (Å²) in [6, 6.07) is 14.3. The van der Waals surface area contributed by atoms with Crippen LogP contribution in [-0.4, -0.2) is 36.9 Å². The molecule has 0 saturated carbocycles. The molecule has 0 saturated heterocycles. The third-order valence-electron chi connectivity index (χ3n) is 4.45. The topological polar surface area (TPSA) is 85.6 Å². The first-order valence-corrected chi connectivity index (χ1v) is 11.4. The van der Waals surface area contributed by atoms with Crippen LogP contribution in [0, 0.1) is 5.82 Å².